The molecule has 5 heteroatoms. The van der Waals surface area contributed by atoms with Crippen molar-refractivity contribution in [2.75, 3.05) is 46.0 Å². The monoisotopic (exact) mass is 288 g/mol. The highest BCUT2D eigenvalue weighted by Gasteiger charge is 2.22. The van der Waals surface area contributed by atoms with Crippen molar-refractivity contribution >= 4 is 0 Å². The minimum Gasteiger partial charge on any atom is -0.389 e. The lowest BCUT2D eigenvalue weighted by atomic mass is 10.2. The molecule has 2 unspecified atom stereocenters. The molecule has 0 aliphatic carbocycles. The van der Waals surface area contributed by atoms with Crippen molar-refractivity contribution in [1.82, 2.24) is 10.2 Å². The Morgan fingerprint density at radius 2 is 2.15 bits per heavy atom. The summed E-state index contributed by atoms with van der Waals surface area (Å²) in [6, 6.07) is 0.632. The fourth-order valence-electron chi connectivity index (χ4n) is 2.58. The van der Waals surface area contributed by atoms with Crippen molar-refractivity contribution in [2.45, 2.75) is 51.9 Å². The van der Waals surface area contributed by atoms with Crippen molar-refractivity contribution < 1.29 is 14.6 Å². The summed E-state index contributed by atoms with van der Waals surface area (Å²) in [6.07, 6.45) is 2.35. The van der Waals surface area contributed by atoms with E-state index >= 15 is 0 Å². The van der Waals surface area contributed by atoms with Gasteiger partial charge in [0.15, 0.2) is 0 Å². The van der Waals surface area contributed by atoms with Gasteiger partial charge >= 0.3 is 0 Å². The van der Waals surface area contributed by atoms with Crippen LogP contribution in [0.25, 0.3) is 0 Å². The van der Waals surface area contributed by atoms with Gasteiger partial charge in [-0.3, -0.25) is 4.90 Å². The maximum atomic E-state index is 9.81. The van der Waals surface area contributed by atoms with Gasteiger partial charge in [0.1, 0.15) is 0 Å². The first-order chi connectivity index (χ1) is 9.63. The van der Waals surface area contributed by atoms with Crippen LogP contribution < -0.4 is 5.32 Å². The third kappa shape index (κ3) is 7.55. The molecule has 0 radical (unpaired) electrons. The van der Waals surface area contributed by atoms with Crippen LogP contribution in [-0.2, 0) is 9.47 Å². The predicted molar refractivity (Wildman–Crippen MR) is 81.1 cm³/mol. The molecule has 1 aliphatic heterocycles. The average Bonchev–Trinajstić information content (AvgIpc) is 2.85. The Labute approximate surface area is 123 Å². The number of likely N-dealkylation sites (N-methyl/N-ethyl adjacent to an activating group) is 1. The van der Waals surface area contributed by atoms with E-state index in [9.17, 15) is 5.11 Å². The summed E-state index contributed by atoms with van der Waals surface area (Å²) in [5.74, 6) is 0. The Kier molecular flexibility index (Phi) is 9.39. The Morgan fingerprint density at radius 1 is 1.35 bits per heavy atom. The van der Waals surface area contributed by atoms with Crippen molar-refractivity contribution in [1.29, 1.82) is 0 Å². The number of aliphatic hydroxyl groups is 1. The van der Waals surface area contributed by atoms with Gasteiger partial charge in [0.05, 0.1) is 32.0 Å². The quantitative estimate of drug-likeness (QED) is 0.552. The zero-order chi connectivity index (χ0) is 14.8. The third-order valence-electron chi connectivity index (χ3n) is 3.65. The van der Waals surface area contributed by atoms with Crippen LogP contribution in [-0.4, -0.2) is 74.3 Å². The number of hydrogen-bond donors (Lipinski definition) is 2. The fraction of sp³-hybridized carbons (Fsp3) is 1.00. The molecular weight excluding hydrogens is 256 g/mol. The predicted octanol–water partition coefficient (Wildman–Crippen LogP) is 0.863. The van der Waals surface area contributed by atoms with E-state index in [2.05, 4.69) is 17.1 Å². The number of ether oxygens (including phenoxy) is 2. The van der Waals surface area contributed by atoms with Gasteiger partial charge in [0.2, 0.25) is 0 Å². The highest BCUT2D eigenvalue weighted by Crippen LogP contribution is 2.15. The van der Waals surface area contributed by atoms with E-state index in [4.69, 9.17) is 9.47 Å². The molecule has 1 aliphatic rings. The molecular formula is C15H32N2O3. The molecule has 0 aromatic heterocycles. The van der Waals surface area contributed by atoms with Gasteiger partial charge < -0.3 is 19.9 Å². The number of rotatable bonds is 11. The third-order valence-corrected chi connectivity index (χ3v) is 3.65. The van der Waals surface area contributed by atoms with Gasteiger partial charge in [-0.1, -0.05) is 6.92 Å². The molecule has 1 rings (SSSR count). The lowest BCUT2D eigenvalue weighted by Gasteiger charge is -2.23. The Hall–Kier alpha value is -0.200. The summed E-state index contributed by atoms with van der Waals surface area (Å²) in [7, 11) is 0. The van der Waals surface area contributed by atoms with Gasteiger partial charge in [-0.25, -0.2) is 0 Å². The van der Waals surface area contributed by atoms with E-state index in [0.717, 1.165) is 13.1 Å². The van der Waals surface area contributed by atoms with Gasteiger partial charge in [-0.05, 0) is 39.8 Å². The largest absolute Gasteiger partial charge is 0.389 e. The van der Waals surface area contributed by atoms with Crippen LogP contribution in [0.1, 0.15) is 33.6 Å². The first-order valence-electron chi connectivity index (χ1n) is 7.95. The summed E-state index contributed by atoms with van der Waals surface area (Å²) in [6.45, 7) is 11.6. The van der Waals surface area contributed by atoms with Crippen LogP contribution in [0.3, 0.4) is 0 Å². The van der Waals surface area contributed by atoms with Crippen molar-refractivity contribution in [2.24, 2.45) is 0 Å². The first kappa shape index (κ1) is 17.9. The molecule has 120 valence electrons. The van der Waals surface area contributed by atoms with Crippen molar-refractivity contribution in [3.63, 3.8) is 0 Å². The first-order valence-corrected chi connectivity index (χ1v) is 7.95. The Balaban J connectivity index is 1.96. The van der Waals surface area contributed by atoms with Crippen LogP contribution in [0.5, 0.6) is 0 Å². The highest BCUT2D eigenvalue weighted by molar-refractivity contribution is 4.80. The summed E-state index contributed by atoms with van der Waals surface area (Å²) in [5.41, 5.74) is 0. The zero-order valence-electron chi connectivity index (χ0n) is 13.3. The van der Waals surface area contributed by atoms with Gasteiger partial charge in [0.25, 0.3) is 0 Å². The normalized spacial score (nSPS) is 21.8. The van der Waals surface area contributed by atoms with Crippen LogP contribution in [0, 0.1) is 0 Å². The lowest BCUT2D eigenvalue weighted by molar-refractivity contribution is -0.0101. The van der Waals surface area contributed by atoms with Gasteiger partial charge in [-0.15, -0.1) is 0 Å². The van der Waals surface area contributed by atoms with Crippen LogP contribution >= 0.6 is 0 Å². The molecule has 5 nitrogen and oxygen atoms in total. The van der Waals surface area contributed by atoms with Gasteiger partial charge in [0, 0.05) is 19.1 Å². The smallest absolute Gasteiger partial charge is 0.0897 e. The minimum absolute atomic E-state index is 0.234. The van der Waals surface area contributed by atoms with Crippen LogP contribution in [0.2, 0.25) is 0 Å². The second-order valence-corrected chi connectivity index (χ2v) is 5.73. The molecule has 0 aromatic carbocycles. The molecule has 2 atom stereocenters. The lowest BCUT2D eigenvalue weighted by Crippen LogP contribution is -2.41. The van der Waals surface area contributed by atoms with E-state index in [1.54, 1.807) is 0 Å². The molecule has 0 saturated carbocycles. The Bertz CT molecular complexity index is 239. The average molecular weight is 288 g/mol. The number of nitrogens with zero attached hydrogens (tertiary/aromatic N) is 1. The number of nitrogens with one attached hydrogen (secondary N) is 1. The molecule has 2 N–H and O–H groups in total. The van der Waals surface area contributed by atoms with E-state index in [-0.39, 0.29) is 6.10 Å². The molecule has 0 spiro atoms. The molecule has 1 heterocycles. The zero-order valence-corrected chi connectivity index (χ0v) is 13.3. The maximum absolute atomic E-state index is 9.81. The summed E-state index contributed by atoms with van der Waals surface area (Å²) >= 11 is 0. The Morgan fingerprint density at radius 3 is 2.85 bits per heavy atom. The summed E-state index contributed by atoms with van der Waals surface area (Å²) in [5, 5.41) is 13.2. The van der Waals surface area contributed by atoms with E-state index in [1.807, 2.05) is 13.8 Å². The molecule has 1 saturated heterocycles. The molecule has 0 aromatic rings. The topological polar surface area (TPSA) is 54.0 Å². The van der Waals surface area contributed by atoms with E-state index < -0.39 is 6.10 Å². The van der Waals surface area contributed by atoms with Gasteiger partial charge in [-0.2, -0.15) is 0 Å². The maximum Gasteiger partial charge on any atom is 0.0897 e. The number of aliphatic hydroxyl groups excluding tert-OH is 1. The van der Waals surface area contributed by atoms with E-state index in [1.165, 1.54) is 19.4 Å². The fourth-order valence-corrected chi connectivity index (χ4v) is 2.58. The molecule has 20 heavy (non-hydrogen) atoms. The van der Waals surface area contributed by atoms with Crippen molar-refractivity contribution in [3.05, 3.63) is 0 Å². The molecule has 0 bridgehead atoms. The second kappa shape index (κ2) is 10.5. The van der Waals surface area contributed by atoms with Crippen molar-refractivity contribution in [3.8, 4) is 0 Å². The summed E-state index contributed by atoms with van der Waals surface area (Å²) in [4.78, 5) is 2.50. The molecule has 0 amide bonds. The minimum atomic E-state index is -0.439. The second-order valence-electron chi connectivity index (χ2n) is 5.73. The van der Waals surface area contributed by atoms with E-state index in [0.29, 0.717) is 32.4 Å². The number of likely N-dealkylation sites (tertiary alicyclic amines) is 1. The van der Waals surface area contributed by atoms with Crippen LogP contribution in [0.15, 0.2) is 0 Å². The SMILES string of the molecule is CCN1CCCC1CNCC(O)COCCOC(C)C. The van der Waals surface area contributed by atoms with Crippen LogP contribution in [0.4, 0.5) is 0 Å². The summed E-state index contributed by atoms with van der Waals surface area (Å²) < 4.78 is 10.8. The standard InChI is InChI=1S/C15H32N2O3/c1-4-17-7-5-6-14(17)10-16-11-15(18)12-19-8-9-20-13(2)3/h13-16,18H,4-12H2,1-3H3. The number of hydrogen-bond acceptors (Lipinski definition) is 5. The highest BCUT2D eigenvalue weighted by atomic mass is 16.5. The molecule has 1 fully saturated rings.